The zero-order valence-electron chi connectivity index (χ0n) is 9.82. The number of ether oxygens (including phenoxy) is 1. The minimum atomic E-state index is -3.83. The molecule has 0 aliphatic rings. The topological polar surface area (TPSA) is 55.8 Å². The Bertz CT molecular complexity index is 551. The Morgan fingerprint density at radius 3 is 2.06 bits per heavy atom. The summed E-state index contributed by atoms with van der Waals surface area (Å²) >= 11 is 0. The number of hydrogen-bond donors (Lipinski definition) is 1. The molecule has 0 aromatic heterocycles. The third kappa shape index (κ3) is 2.92. The highest BCUT2D eigenvalue weighted by atomic mass is 31.2. The molecule has 2 rings (SSSR count). The van der Waals surface area contributed by atoms with Crippen molar-refractivity contribution in [3.63, 3.8) is 0 Å². The summed E-state index contributed by atoms with van der Waals surface area (Å²) in [6, 6.07) is 14.8. The van der Waals surface area contributed by atoms with Gasteiger partial charge in [0.1, 0.15) is 11.5 Å². The van der Waals surface area contributed by atoms with E-state index in [-0.39, 0.29) is 5.30 Å². The molecule has 0 aliphatic heterocycles. The summed E-state index contributed by atoms with van der Waals surface area (Å²) < 4.78 is 22.2. The van der Waals surface area contributed by atoms with E-state index in [9.17, 15) is 9.46 Å². The second-order valence-electron chi connectivity index (χ2n) is 3.62. The first kappa shape index (κ1) is 12.7. The molecule has 0 bridgehead atoms. The Morgan fingerprint density at radius 2 is 1.50 bits per heavy atom. The molecule has 5 heteroatoms. The lowest BCUT2D eigenvalue weighted by atomic mass is 10.3. The third-order valence-electron chi connectivity index (χ3n) is 2.37. The first-order chi connectivity index (χ1) is 8.62. The lowest BCUT2D eigenvalue weighted by molar-refractivity contribution is 0.391. The van der Waals surface area contributed by atoms with Gasteiger partial charge in [-0.2, -0.15) is 0 Å². The number of methoxy groups -OCH3 is 1. The highest BCUT2D eigenvalue weighted by Gasteiger charge is 2.23. The summed E-state index contributed by atoms with van der Waals surface area (Å²) in [4.78, 5) is 9.87. The predicted molar refractivity (Wildman–Crippen MR) is 69.5 cm³/mol. The van der Waals surface area contributed by atoms with Crippen LogP contribution in [0.4, 0.5) is 0 Å². The van der Waals surface area contributed by atoms with Gasteiger partial charge in [0, 0.05) is 0 Å². The molecular formula is C13H13O4P. The van der Waals surface area contributed by atoms with Gasteiger partial charge in [0.25, 0.3) is 0 Å². The zero-order valence-corrected chi connectivity index (χ0v) is 10.7. The molecule has 94 valence electrons. The first-order valence-corrected chi connectivity index (χ1v) is 6.91. The maximum Gasteiger partial charge on any atom is 0.408 e. The van der Waals surface area contributed by atoms with Gasteiger partial charge in [-0.3, -0.25) is 0 Å². The van der Waals surface area contributed by atoms with Crippen molar-refractivity contribution in [3.8, 4) is 11.5 Å². The molecule has 4 nitrogen and oxygen atoms in total. The molecule has 18 heavy (non-hydrogen) atoms. The van der Waals surface area contributed by atoms with E-state index in [1.807, 2.05) is 0 Å². The third-order valence-corrected chi connectivity index (χ3v) is 3.78. The molecule has 0 heterocycles. The molecule has 0 fully saturated rings. The molecule has 1 unspecified atom stereocenters. The SMILES string of the molecule is COc1ccc(OP(=O)(O)c2ccccc2)cc1. The van der Waals surface area contributed by atoms with Crippen LogP contribution >= 0.6 is 7.60 Å². The maximum atomic E-state index is 12.0. The summed E-state index contributed by atoms with van der Waals surface area (Å²) in [7, 11) is -2.28. The van der Waals surface area contributed by atoms with E-state index in [0.717, 1.165) is 0 Å². The average Bonchev–Trinajstić information content (AvgIpc) is 2.40. The minimum absolute atomic E-state index is 0.265. The van der Waals surface area contributed by atoms with Crippen LogP contribution in [0, 0.1) is 0 Å². The monoisotopic (exact) mass is 264 g/mol. The van der Waals surface area contributed by atoms with Gasteiger partial charge in [-0.1, -0.05) is 18.2 Å². The molecule has 0 saturated carbocycles. The minimum Gasteiger partial charge on any atom is -0.497 e. The molecule has 1 atom stereocenters. The van der Waals surface area contributed by atoms with E-state index >= 15 is 0 Å². The predicted octanol–water partition coefficient (Wildman–Crippen LogP) is 2.58. The summed E-state index contributed by atoms with van der Waals surface area (Å²) in [5.74, 6) is 0.986. The van der Waals surface area contributed by atoms with Crippen LogP contribution in [0.2, 0.25) is 0 Å². The summed E-state index contributed by atoms with van der Waals surface area (Å²) in [5.41, 5.74) is 0. The van der Waals surface area contributed by atoms with Gasteiger partial charge in [-0.15, -0.1) is 0 Å². The van der Waals surface area contributed by atoms with Crippen molar-refractivity contribution in [2.45, 2.75) is 0 Å². The van der Waals surface area contributed by atoms with Crippen LogP contribution in [0.1, 0.15) is 0 Å². The molecule has 0 amide bonds. The van der Waals surface area contributed by atoms with Crippen molar-refractivity contribution in [2.24, 2.45) is 0 Å². The van der Waals surface area contributed by atoms with E-state index in [1.54, 1.807) is 61.7 Å². The van der Waals surface area contributed by atoms with Gasteiger partial charge in [0.2, 0.25) is 0 Å². The Kier molecular flexibility index (Phi) is 3.70. The fraction of sp³-hybridized carbons (Fsp3) is 0.0769. The van der Waals surface area contributed by atoms with Gasteiger partial charge in [-0.05, 0) is 36.4 Å². The molecule has 0 spiro atoms. The highest BCUT2D eigenvalue weighted by molar-refractivity contribution is 7.61. The van der Waals surface area contributed by atoms with E-state index < -0.39 is 7.60 Å². The number of benzene rings is 2. The lowest BCUT2D eigenvalue weighted by Gasteiger charge is -2.13. The Morgan fingerprint density at radius 1 is 0.944 bits per heavy atom. The number of rotatable bonds is 4. The Hall–Kier alpha value is -1.77. The van der Waals surface area contributed by atoms with Crippen molar-refractivity contribution in [1.29, 1.82) is 0 Å². The maximum absolute atomic E-state index is 12.0. The van der Waals surface area contributed by atoms with Crippen LogP contribution < -0.4 is 14.6 Å². The second kappa shape index (κ2) is 5.25. The fourth-order valence-electron chi connectivity index (χ4n) is 1.45. The van der Waals surface area contributed by atoms with Gasteiger partial charge >= 0.3 is 7.60 Å². The Balaban J connectivity index is 2.19. The van der Waals surface area contributed by atoms with Crippen LogP contribution in [0.3, 0.4) is 0 Å². The summed E-state index contributed by atoms with van der Waals surface area (Å²) in [6.07, 6.45) is 0. The van der Waals surface area contributed by atoms with Crippen molar-refractivity contribution < 1.29 is 18.7 Å². The van der Waals surface area contributed by atoms with Crippen molar-refractivity contribution in [2.75, 3.05) is 7.11 Å². The van der Waals surface area contributed by atoms with Gasteiger partial charge in [0.05, 0.1) is 12.4 Å². The van der Waals surface area contributed by atoms with E-state index in [4.69, 9.17) is 9.26 Å². The molecular weight excluding hydrogens is 251 g/mol. The second-order valence-corrected chi connectivity index (χ2v) is 5.36. The standard InChI is InChI=1S/C13H13O4P/c1-16-11-7-9-12(10-8-11)17-18(14,15)13-5-3-2-4-6-13/h2-10H,1H3,(H,14,15). The highest BCUT2D eigenvalue weighted by Crippen LogP contribution is 2.41. The van der Waals surface area contributed by atoms with E-state index in [1.165, 1.54) is 0 Å². The molecule has 0 aliphatic carbocycles. The van der Waals surface area contributed by atoms with Gasteiger partial charge in [-0.25, -0.2) is 4.57 Å². The summed E-state index contributed by atoms with van der Waals surface area (Å²) in [5, 5.41) is 0.265. The van der Waals surface area contributed by atoms with E-state index in [0.29, 0.717) is 11.5 Å². The van der Waals surface area contributed by atoms with Crippen LogP contribution in [-0.2, 0) is 4.57 Å². The molecule has 2 aromatic rings. The van der Waals surface area contributed by atoms with Crippen LogP contribution in [0.5, 0.6) is 11.5 Å². The van der Waals surface area contributed by atoms with Crippen molar-refractivity contribution in [3.05, 3.63) is 54.6 Å². The largest absolute Gasteiger partial charge is 0.497 e. The molecule has 2 aromatic carbocycles. The van der Waals surface area contributed by atoms with Crippen LogP contribution in [0.15, 0.2) is 54.6 Å². The average molecular weight is 264 g/mol. The van der Waals surface area contributed by atoms with Crippen molar-refractivity contribution in [1.82, 2.24) is 0 Å². The number of hydrogen-bond acceptors (Lipinski definition) is 3. The lowest BCUT2D eigenvalue weighted by Crippen LogP contribution is -2.08. The molecule has 0 saturated heterocycles. The van der Waals surface area contributed by atoms with Crippen molar-refractivity contribution >= 4 is 12.9 Å². The van der Waals surface area contributed by atoms with Gasteiger partial charge < -0.3 is 14.2 Å². The molecule has 0 radical (unpaired) electrons. The zero-order chi connectivity index (χ0) is 13.0. The van der Waals surface area contributed by atoms with E-state index in [2.05, 4.69) is 0 Å². The molecule has 1 N–H and O–H groups in total. The quantitative estimate of drug-likeness (QED) is 0.862. The van der Waals surface area contributed by atoms with Gasteiger partial charge in [0.15, 0.2) is 0 Å². The fourth-order valence-corrected chi connectivity index (χ4v) is 2.51. The smallest absolute Gasteiger partial charge is 0.408 e. The summed E-state index contributed by atoms with van der Waals surface area (Å²) in [6.45, 7) is 0. The first-order valence-electron chi connectivity index (χ1n) is 5.34. The van der Waals surface area contributed by atoms with Crippen LogP contribution in [-0.4, -0.2) is 12.0 Å². The normalized spacial score (nSPS) is 13.7. The Labute approximate surface area is 105 Å². The van der Waals surface area contributed by atoms with Crippen LogP contribution in [0.25, 0.3) is 0 Å².